The SMILES string of the molecule is CC1(Oc2ccc3c(c2)OCO3)CCCNC1. The Morgan fingerprint density at radius 2 is 2.18 bits per heavy atom. The fraction of sp³-hybridized carbons (Fsp3) is 0.538. The minimum atomic E-state index is -0.119. The Morgan fingerprint density at radius 1 is 1.29 bits per heavy atom. The van der Waals surface area contributed by atoms with Crippen LogP contribution in [0.15, 0.2) is 18.2 Å². The van der Waals surface area contributed by atoms with Gasteiger partial charge in [-0.1, -0.05) is 0 Å². The van der Waals surface area contributed by atoms with Gasteiger partial charge in [-0.3, -0.25) is 0 Å². The highest BCUT2D eigenvalue weighted by molar-refractivity contribution is 5.47. The first-order valence-electron chi connectivity index (χ1n) is 6.05. The fourth-order valence-electron chi connectivity index (χ4n) is 2.34. The summed E-state index contributed by atoms with van der Waals surface area (Å²) in [5.74, 6) is 2.42. The van der Waals surface area contributed by atoms with E-state index in [4.69, 9.17) is 14.2 Å². The van der Waals surface area contributed by atoms with Gasteiger partial charge in [0.05, 0.1) is 0 Å². The van der Waals surface area contributed by atoms with Gasteiger partial charge in [0.2, 0.25) is 6.79 Å². The monoisotopic (exact) mass is 235 g/mol. The Labute approximate surface area is 101 Å². The van der Waals surface area contributed by atoms with E-state index in [9.17, 15) is 0 Å². The fourth-order valence-corrected chi connectivity index (χ4v) is 2.34. The lowest BCUT2D eigenvalue weighted by Crippen LogP contribution is -2.47. The summed E-state index contributed by atoms with van der Waals surface area (Å²) in [6.45, 7) is 4.42. The van der Waals surface area contributed by atoms with E-state index in [-0.39, 0.29) is 5.60 Å². The maximum atomic E-state index is 6.07. The predicted octanol–water partition coefficient (Wildman–Crippen LogP) is 1.94. The Morgan fingerprint density at radius 3 is 3.00 bits per heavy atom. The minimum Gasteiger partial charge on any atom is -0.486 e. The van der Waals surface area contributed by atoms with Crippen molar-refractivity contribution < 1.29 is 14.2 Å². The number of ether oxygens (including phenoxy) is 3. The van der Waals surface area contributed by atoms with E-state index in [2.05, 4.69) is 12.2 Å². The molecule has 0 amide bonds. The highest BCUT2D eigenvalue weighted by Gasteiger charge is 2.29. The second kappa shape index (κ2) is 4.11. The first-order chi connectivity index (χ1) is 8.25. The van der Waals surface area contributed by atoms with Crippen molar-refractivity contribution in [2.75, 3.05) is 19.9 Å². The summed E-state index contributed by atoms with van der Waals surface area (Å²) < 4.78 is 16.7. The predicted molar refractivity (Wildman–Crippen MR) is 63.7 cm³/mol. The van der Waals surface area contributed by atoms with Crippen molar-refractivity contribution in [3.8, 4) is 17.2 Å². The number of hydrogen-bond donors (Lipinski definition) is 1. The number of fused-ring (bicyclic) bond motifs is 1. The third-order valence-corrected chi connectivity index (χ3v) is 3.27. The summed E-state index contributed by atoms with van der Waals surface area (Å²) in [4.78, 5) is 0. The molecule has 0 aromatic heterocycles. The lowest BCUT2D eigenvalue weighted by Gasteiger charge is -2.34. The molecule has 2 aliphatic rings. The van der Waals surface area contributed by atoms with Crippen molar-refractivity contribution in [1.82, 2.24) is 5.32 Å². The molecule has 1 fully saturated rings. The molecule has 1 aromatic carbocycles. The van der Waals surface area contributed by atoms with Crippen molar-refractivity contribution in [2.45, 2.75) is 25.4 Å². The van der Waals surface area contributed by atoms with E-state index >= 15 is 0 Å². The van der Waals surface area contributed by atoms with Gasteiger partial charge in [0, 0.05) is 12.6 Å². The lowest BCUT2D eigenvalue weighted by molar-refractivity contribution is 0.0612. The number of benzene rings is 1. The largest absolute Gasteiger partial charge is 0.486 e. The van der Waals surface area contributed by atoms with E-state index in [0.29, 0.717) is 6.79 Å². The third kappa shape index (κ3) is 2.17. The average Bonchev–Trinajstić information content (AvgIpc) is 2.76. The second-order valence-electron chi connectivity index (χ2n) is 4.85. The Bertz CT molecular complexity index is 413. The molecule has 3 rings (SSSR count). The zero-order valence-corrected chi connectivity index (χ0v) is 9.99. The molecule has 0 aliphatic carbocycles. The topological polar surface area (TPSA) is 39.7 Å². The maximum absolute atomic E-state index is 6.07. The molecule has 0 spiro atoms. The first-order valence-corrected chi connectivity index (χ1v) is 6.05. The molecule has 0 bridgehead atoms. The average molecular weight is 235 g/mol. The second-order valence-corrected chi connectivity index (χ2v) is 4.85. The van der Waals surface area contributed by atoms with Crippen LogP contribution in [0.3, 0.4) is 0 Å². The molecule has 1 saturated heterocycles. The minimum absolute atomic E-state index is 0.119. The van der Waals surface area contributed by atoms with Gasteiger partial charge in [-0.25, -0.2) is 0 Å². The van der Waals surface area contributed by atoms with Gasteiger partial charge >= 0.3 is 0 Å². The van der Waals surface area contributed by atoms with Crippen LogP contribution in [0.4, 0.5) is 0 Å². The van der Waals surface area contributed by atoms with Gasteiger partial charge in [0.25, 0.3) is 0 Å². The van der Waals surface area contributed by atoms with Gasteiger partial charge in [-0.2, -0.15) is 0 Å². The standard InChI is InChI=1S/C13H17NO3/c1-13(5-2-6-14-8-13)17-10-3-4-11-12(7-10)16-9-15-11/h3-4,7,14H,2,5-6,8-9H2,1H3. The highest BCUT2D eigenvalue weighted by atomic mass is 16.7. The summed E-state index contributed by atoms with van der Waals surface area (Å²) in [6.07, 6.45) is 2.23. The molecule has 0 saturated carbocycles. The Kier molecular flexibility index (Phi) is 2.59. The molecule has 2 aliphatic heterocycles. The molecule has 1 unspecified atom stereocenters. The van der Waals surface area contributed by atoms with Crippen LogP contribution >= 0.6 is 0 Å². The molecule has 17 heavy (non-hydrogen) atoms. The van der Waals surface area contributed by atoms with Gasteiger partial charge in [0.1, 0.15) is 11.4 Å². The number of piperidine rings is 1. The number of nitrogens with one attached hydrogen (secondary N) is 1. The van der Waals surface area contributed by atoms with Crippen molar-refractivity contribution in [1.29, 1.82) is 0 Å². The van der Waals surface area contributed by atoms with Crippen LogP contribution in [-0.4, -0.2) is 25.5 Å². The van der Waals surface area contributed by atoms with Crippen LogP contribution in [-0.2, 0) is 0 Å². The molecular formula is C13H17NO3. The third-order valence-electron chi connectivity index (χ3n) is 3.27. The van der Waals surface area contributed by atoms with Crippen molar-refractivity contribution in [2.24, 2.45) is 0 Å². The quantitative estimate of drug-likeness (QED) is 0.850. The maximum Gasteiger partial charge on any atom is 0.231 e. The summed E-state index contributed by atoms with van der Waals surface area (Å²) >= 11 is 0. The smallest absolute Gasteiger partial charge is 0.231 e. The summed E-state index contributed by atoms with van der Waals surface area (Å²) in [5.41, 5.74) is -0.119. The van der Waals surface area contributed by atoms with Crippen LogP contribution in [0.25, 0.3) is 0 Å². The normalized spacial score (nSPS) is 26.9. The molecule has 2 heterocycles. The number of hydrogen-bond acceptors (Lipinski definition) is 4. The van der Waals surface area contributed by atoms with Crippen molar-refractivity contribution in [3.05, 3.63) is 18.2 Å². The first kappa shape index (κ1) is 10.7. The van der Waals surface area contributed by atoms with E-state index in [1.165, 1.54) is 0 Å². The zero-order chi connectivity index (χ0) is 11.7. The van der Waals surface area contributed by atoms with Crippen molar-refractivity contribution in [3.63, 3.8) is 0 Å². The summed E-state index contributed by atoms with van der Waals surface area (Å²) in [7, 11) is 0. The molecular weight excluding hydrogens is 218 g/mol. The lowest BCUT2D eigenvalue weighted by atomic mass is 9.96. The van der Waals surface area contributed by atoms with Gasteiger partial charge < -0.3 is 19.5 Å². The van der Waals surface area contributed by atoms with E-state index < -0.39 is 0 Å². The summed E-state index contributed by atoms with van der Waals surface area (Å²) in [5, 5.41) is 3.37. The van der Waals surface area contributed by atoms with Gasteiger partial charge in [-0.05, 0) is 38.4 Å². The van der Waals surface area contributed by atoms with E-state index in [1.54, 1.807) is 0 Å². The van der Waals surface area contributed by atoms with Gasteiger partial charge in [-0.15, -0.1) is 0 Å². The van der Waals surface area contributed by atoms with Crippen molar-refractivity contribution >= 4 is 0 Å². The molecule has 0 radical (unpaired) electrons. The molecule has 4 nitrogen and oxygen atoms in total. The highest BCUT2D eigenvalue weighted by Crippen LogP contribution is 2.36. The van der Waals surface area contributed by atoms with Crippen LogP contribution in [0.2, 0.25) is 0 Å². The molecule has 92 valence electrons. The number of rotatable bonds is 2. The zero-order valence-electron chi connectivity index (χ0n) is 9.99. The van der Waals surface area contributed by atoms with Crippen LogP contribution in [0, 0.1) is 0 Å². The van der Waals surface area contributed by atoms with Crippen LogP contribution in [0.1, 0.15) is 19.8 Å². The molecule has 1 atom stereocenters. The summed E-state index contributed by atoms with van der Waals surface area (Å²) in [6, 6.07) is 5.74. The molecule has 4 heteroatoms. The van der Waals surface area contributed by atoms with Crippen LogP contribution < -0.4 is 19.5 Å². The van der Waals surface area contributed by atoms with Gasteiger partial charge in [0.15, 0.2) is 11.5 Å². The molecule has 1 aromatic rings. The van der Waals surface area contributed by atoms with Crippen LogP contribution in [0.5, 0.6) is 17.2 Å². The van der Waals surface area contributed by atoms with E-state index in [0.717, 1.165) is 43.2 Å². The molecule has 1 N–H and O–H groups in total. The Hall–Kier alpha value is -1.42. The Balaban J connectivity index is 1.76. The van der Waals surface area contributed by atoms with E-state index in [1.807, 2.05) is 18.2 Å².